The minimum absolute atomic E-state index is 0.0434. The third-order valence-electron chi connectivity index (χ3n) is 5.61. The standard InChI is InChI=1S/C26H25NO5/c1-26(2,3)16-12-13-19(31-4)18(15-16)23(28)21-22(20-11-8-14-32-20)27(25(30)24(21)29)17-9-6-5-7-10-17/h5-15,22,28H,1-4H3/b23-21+. The number of anilines is 1. The molecule has 164 valence electrons. The number of methoxy groups -OCH3 is 1. The van der Waals surface area contributed by atoms with E-state index in [9.17, 15) is 14.7 Å². The van der Waals surface area contributed by atoms with Crippen LogP contribution in [0.25, 0.3) is 5.76 Å². The summed E-state index contributed by atoms with van der Waals surface area (Å²) in [6.45, 7) is 6.15. The van der Waals surface area contributed by atoms with Gasteiger partial charge < -0.3 is 14.3 Å². The zero-order chi connectivity index (χ0) is 23.0. The molecule has 0 bridgehead atoms. The van der Waals surface area contributed by atoms with Gasteiger partial charge in [-0.05, 0) is 47.4 Å². The summed E-state index contributed by atoms with van der Waals surface area (Å²) < 4.78 is 11.1. The summed E-state index contributed by atoms with van der Waals surface area (Å²) in [4.78, 5) is 27.6. The number of carbonyl (C=O) groups excluding carboxylic acids is 2. The van der Waals surface area contributed by atoms with Gasteiger partial charge in [0.1, 0.15) is 23.3 Å². The van der Waals surface area contributed by atoms with Gasteiger partial charge in [0, 0.05) is 5.69 Å². The van der Waals surface area contributed by atoms with Crippen LogP contribution < -0.4 is 9.64 Å². The largest absolute Gasteiger partial charge is 0.507 e. The van der Waals surface area contributed by atoms with Crippen molar-refractivity contribution in [1.82, 2.24) is 0 Å². The maximum atomic E-state index is 13.2. The number of benzene rings is 2. The summed E-state index contributed by atoms with van der Waals surface area (Å²) in [6, 6.07) is 16.8. The fourth-order valence-corrected chi connectivity index (χ4v) is 3.91. The summed E-state index contributed by atoms with van der Waals surface area (Å²) in [5.41, 5.74) is 1.59. The number of ketones is 1. The molecule has 0 spiro atoms. The third-order valence-corrected chi connectivity index (χ3v) is 5.61. The second-order valence-corrected chi connectivity index (χ2v) is 8.69. The smallest absolute Gasteiger partial charge is 0.300 e. The van der Waals surface area contributed by atoms with Gasteiger partial charge in [-0.3, -0.25) is 14.5 Å². The number of amides is 1. The molecule has 0 aliphatic carbocycles. The van der Waals surface area contributed by atoms with Crippen molar-refractivity contribution >= 4 is 23.1 Å². The molecule has 1 aliphatic rings. The quantitative estimate of drug-likeness (QED) is 0.348. The molecule has 0 saturated carbocycles. The molecule has 2 aromatic carbocycles. The highest BCUT2D eigenvalue weighted by Crippen LogP contribution is 2.43. The number of Topliss-reactive ketones (excluding diaryl/α,β-unsaturated/α-hetero) is 1. The number of ether oxygens (including phenoxy) is 1. The average molecular weight is 431 g/mol. The van der Waals surface area contributed by atoms with Crippen LogP contribution in [-0.2, 0) is 15.0 Å². The van der Waals surface area contributed by atoms with Crippen molar-refractivity contribution in [3.8, 4) is 5.75 Å². The lowest BCUT2D eigenvalue weighted by Gasteiger charge is -2.24. The zero-order valence-corrected chi connectivity index (χ0v) is 18.5. The minimum Gasteiger partial charge on any atom is -0.507 e. The first-order chi connectivity index (χ1) is 15.2. The normalized spacial score (nSPS) is 18.2. The molecule has 1 atom stereocenters. The van der Waals surface area contributed by atoms with Gasteiger partial charge in [0.25, 0.3) is 11.7 Å². The van der Waals surface area contributed by atoms with Crippen LogP contribution in [0.2, 0.25) is 0 Å². The highest BCUT2D eigenvalue weighted by Gasteiger charge is 2.48. The van der Waals surface area contributed by atoms with E-state index in [0.717, 1.165) is 5.56 Å². The molecular weight excluding hydrogens is 406 g/mol. The van der Waals surface area contributed by atoms with Gasteiger partial charge in [-0.15, -0.1) is 0 Å². The van der Waals surface area contributed by atoms with Crippen molar-refractivity contribution in [2.24, 2.45) is 0 Å². The fraction of sp³-hybridized carbons (Fsp3) is 0.231. The molecule has 1 aromatic heterocycles. The monoisotopic (exact) mass is 431 g/mol. The van der Waals surface area contributed by atoms with Gasteiger partial charge in [0.2, 0.25) is 0 Å². The van der Waals surface area contributed by atoms with E-state index in [1.54, 1.807) is 48.5 Å². The predicted molar refractivity (Wildman–Crippen MR) is 122 cm³/mol. The molecule has 6 heteroatoms. The maximum absolute atomic E-state index is 13.2. The van der Waals surface area contributed by atoms with E-state index in [0.29, 0.717) is 22.8 Å². The number of aliphatic hydroxyl groups is 1. The number of hydrogen-bond donors (Lipinski definition) is 1. The lowest BCUT2D eigenvalue weighted by molar-refractivity contribution is -0.132. The highest BCUT2D eigenvalue weighted by atomic mass is 16.5. The number of nitrogens with zero attached hydrogens (tertiary/aromatic N) is 1. The van der Waals surface area contributed by atoms with Crippen molar-refractivity contribution in [3.05, 3.63) is 89.4 Å². The summed E-state index contributed by atoms with van der Waals surface area (Å²) >= 11 is 0. The topological polar surface area (TPSA) is 80.0 Å². The van der Waals surface area contributed by atoms with E-state index in [2.05, 4.69) is 20.8 Å². The van der Waals surface area contributed by atoms with E-state index >= 15 is 0 Å². The van der Waals surface area contributed by atoms with Crippen LogP contribution in [0.1, 0.15) is 43.7 Å². The molecule has 4 rings (SSSR count). The van der Waals surface area contributed by atoms with Gasteiger partial charge in [-0.1, -0.05) is 45.0 Å². The van der Waals surface area contributed by atoms with Crippen LogP contribution in [0.4, 0.5) is 5.69 Å². The van der Waals surface area contributed by atoms with Crippen molar-refractivity contribution in [2.45, 2.75) is 32.2 Å². The first kappa shape index (κ1) is 21.4. The molecular formula is C26H25NO5. The van der Waals surface area contributed by atoms with E-state index in [-0.39, 0.29) is 16.7 Å². The van der Waals surface area contributed by atoms with E-state index in [4.69, 9.17) is 9.15 Å². The van der Waals surface area contributed by atoms with E-state index in [1.807, 2.05) is 12.1 Å². The molecule has 6 nitrogen and oxygen atoms in total. The Labute approximate surface area is 186 Å². The van der Waals surface area contributed by atoms with Gasteiger partial charge in [-0.25, -0.2) is 0 Å². The molecule has 2 heterocycles. The van der Waals surface area contributed by atoms with Crippen molar-refractivity contribution in [1.29, 1.82) is 0 Å². The number of rotatable bonds is 4. The Morgan fingerprint density at radius 2 is 1.75 bits per heavy atom. The fourth-order valence-electron chi connectivity index (χ4n) is 3.91. The van der Waals surface area contributed by atoms with E-state index < -0.39 is 17.7 Å². The Balaban J connectivity index is 1.97. The Hall–Kier alpha value is -3.80. The zero-order valence-electron chi connectivity index (χ0n) is 18.5. The van der Waals surface area contributed by atoms with Crippen molar-refractivity contribution in [2.75, 3.05) is 12.0 Å². The highest BCUT2D eigenvalue weighted by molar-refractivity contribution is 6.51. The van der Waals surface area contributed by atoms with Crippen LogP contribution in [0.3, 0.4) is 0 Å². The Morgan fingerprint density at radius 3 is 2.34 bits per heavy atom. The Kier molecular flexibility index (Phi) is 5.38. The number of carbonyl (C=O) groups is 2. The lowest BCUT2D eigenvalue weighted by atomic mass is 9.85. The third kappa shape index (κ3) is 3.58. The van der Waals surface area contributed by atoms with Gasteiger partial charge in [0.15, 0.2) is 0 Å². The van der Waals surface area contributed by atoms with Gasteiger partial charge in [0.05, 0.1) is 24.5 Å². The minimum atomic E-state index is -0.907. The van der Waals surface area contributed by atoms with Crippen LogP contribution in [0, 0.1) is 0 Å². The Bertz CT molecular complexity index is 1190. The first-order valence-electron chi connectivity index (χ1n) is 10.3. The molecule has 1 fully saturated rings. The lowest BCUT2D eigenvalue weighted by Crippen LogP contribution is -2.29. The van der Waals surface area contributed by atoms with Crippen LogP contribution in [0.15, 0.2) is 76.9 Å². The second-order valence-electron chi connectivity index (χ2n) is 8.69. The van der Waals surface area contributed by atoms with Crippen molar-refractivity contribution < 1.29 is 23.8 Å². The first-order valence-corrected chi connectivity index (χ1v) is 10.3. The average Bonchev–Trinajstić information content (AvgIpc) is 3.40. The van der Waals surface area contributed by atoms with Gasteiger partial charge in [-0.2, -0.15) is 0 Å². The SMILES string of the molecule is COc1ccc(C(C)(C)C)cc1/C(O)=C1\C(=O)C(=O)N(c2ccccc2)C1c1ccco1. The molecule has 32 heavy (non-hydrogen) atoms. The molecule has 1 saturated heterocycles. The van der Waals surface area contributed by atoms with Crippen LogP contribution >= 0.6 is 0 Å². The number of hydrogen-bond acceptors (Lipinski definition) is 5. The molecule has 1 amide bonds. The maximum Gasteiger partial charge on any atom is 0.300 e. The predicted octanol–water partition coefficient (Wildman–Crippen LogP) is 5.21. The molecule has 1 unspecified atom stereocenters. The van der Waals surface area contributed by atoms with Crippen LogP contribution in [-0.4, -0.2) is 23.9 Å². The molecule has 1 aliphatic heterocycles. The second kappa shape index (κ2) is 8.04. The molecule has 1 N–H and O–H groups in total. The number of para-hydroxylation sites is 1. The summed E-state index contributed by atoms with van der Waals surface area (Å²) in [7, 11) is 1.50. The summed E-state index contributed by atoms with van der Waals surface area (Å²) in [5, 5.41) is 11.4. The number of furan rings is 1. The molecule has 3 aromatic rings. The molecule has 0 radical (unpaired) electrons. The van der Waals surface area contributed by atoms with Gasteiger partial charge >= 0.3 is 0 Å². The van der Waals surface area contributed by atoms with E-state index in [1.165, 1.54) is 18.3 Å². The Morgan fingerprint density at radius 1 is 1.03 bits per heavy atom. The summed E-state index contributed by atoms with van der Waals surface area (Å²) in [6.07, 6.45) is 1.47. The van der Waals surface area contributed by atoms with Crippen molar-refractivity contribution in [3.63, 3.8) is 0 Å². The number of aliphatic hydroxyl groups excluding tert-OH is 1. The van der Waals surface area contributed by atoms with Crippen LogP contribution in [0.5, 0.6) is 5.75 Å². The summed E-state index contributed by atoms with van der Waals surface area (Å²) in [5.74, 6) is -1.03.